The molecule has 1 amide bonds. The summed E-state index contributed by atoms with van der Waals surface area (Å²) >= 11 is 0. The molecule has 0 radical (unpaired) electrons. The molecule has 1 unspecified atom stereocenters. The van der Waals surface area contributed by atoms with E-state index in [0.29, 0.717) is 6.61 Å². The van der Waals surface area contributed by atoms with E-state index in [9.17, 15) is 4.79 Å². The van der Waals surface area contributed by atoms with E-state index in [1.807, 2.05) is 30.3 Å². The van der Waals surface area contributed by atoms with Crippen LogP contribution in [0.5, 0.6) is 0 Å². The maximum absolute atomic E-state index is 12.3. The minimum Gasteiger partial charge on any atom is -0.375 e. The van der Waals surface area contributed by atoms with Crippen molar-refractivity contribution in [2.24, 2.45) is 5.73 Å². The second-order valence-corrected chi connectivity index (χ2v) is 5.83. The van der Waals surface area contributed by atoms with Gasteiger partial charge in [0.1, 0.15) is 6.04 Å². The van der Waals surface area contributed by atoms with E-state index in [1.54, 1.807) is 0 Å². The summed E-state index contributed by atoms with van der Waals surface area (Å²) in [5.74, 6) is -0.103. The molecule has 0 aromatic heterocycles. The van der Waals surface area contributed by atoms with Gasteiger partial charge >= 0.3 is 0 Å². The highest BCUT2D eigenvalue weighted by atomic mass is 16.5. The molecule has 3 N–H and O–H groups in total. The van der Waals surface area contributed by atoms with E-state index >= 15 is 0 Å². The Morgan fingerprint density at radius 2 is 2.05 bits per heavy atom. The van der Waals surface area contributed by atoms with Crippen molar-refractivity contribution in [3.63, 3.8) is 0 Å². The number of carbonyl (C=O) groups is 1. The van der Waals surface area contributed by atoms with E-state index in [0.717, 1.165) is 31.2 Å². The lowest BCUT2D eigenvalue weighted by atomic mass is 9.86. The van der Waals surface area contributed by atoms with Gasteiger partial charge in [-0.3, -0.25) is 4.79 Å². The van der Waals surface area contributed by atoms with Crippen molar-refractivity contribution in [1.29, 1.82) is 0 Å². The normalized spacial score (nSPS) is 22.5. The van der Waals surface area contributed by atoms with Crippen molar-refractivity contribution >= 4 is 5.91 Å². The number of amides is 1. The van der Waals surface area contributed by atoms with Crippen molar-refractivity contribution in [3.8, 4) is 0 Å². The second kappa shape index (κ2) is 7.05. The van der Waals surface area contributed by atoms with E-state index in [-0.39, 0.29) is 17.6 Å². The van der Waals surface area contributed by atoms with Gasteiger partial charge in [0.15, 0.2) is 0 Å². The summed E-state index contributed by atoms with van der Waals surface area (Å²) in [6.07, 6.45) is 3.67. The van der Waals surface area contributed by atoms with Crippen LogP contribution in [-0.2, 0) is 9.53 Å². The first-order valence-corrected chi connectivity index (χ1v) is 7.85. The maximum Gasteiger partial charge on any atom is 0.241 e. The third-order valence-corrected chi connectivity index (χ3v) is 4.57. The Balaban J connectivity index is 1.96. The van der Waals surface area contributed by atoms with Crippen LogP contribution in [0.2, 0.25) is 0 Å². The molecule has 0 saturated carbocycles. The monoisotopic (exact) mass is 290 g/mol. The topological polar surface area (TPSA) is 64.4 Å². The van der Waals surface area contributed by atoms with Gasteiger partial charge in [-0.2, -0.15) is 0 Å². The van der Waals surface area contributed by atoms with Crippen LogP contribution in [0, 0.1) is 0 Å². The first-order chi connectivity index (χ1) is 10.1. The molecular formula is C17H26N2O2. The quantitative estimate of drug-likeness (QED) is 0.876. The molecule has 0 aliphatic carbocycles. The highest BCUT2D eigenvalue weighted by Crippen LogP contribution is 2.31. The first kappa shape index (κ1) is 16.0. The van der Waals surface area contributed by atoms with E-state index in [1.165, 1.54) is 0 Å². The zero-order valence-corrected chi connectivity index (χ0v) is 13.0. The number of benzene rings is 1. The van der Waals surface area contributed by atoms with Gasteiger partial charge in [0.25, 0.3) is 0 Å². The Bertz CT molecular complexity index is 457. The Kier molecular flexibility index (Phi) is 5.37. The smallest absolute Gasteiger partial charge is 0.241 e. The van der Waals surface area contributed by atoms with Crippen LogP contribution in [0.1, 0.15) is 51.1 Å². The lowest BCUT2D eigenvalue weighted by Gasteiger charge is -2.40. The Morgan fingerprint density at radius 1 is 1.38 bits per heavy atom. The summed E-state index contributed by atoms with van der Waals surface area (Å²) < 4.78 is 5.94. The van der Waals surface area contributed by atoms with Crippen LogP contribution in [-0.4, -0.2) is 24.2 Å². The standard InChI is InChI=1S/C17H26N2O2/c1-3-17(4-2)12-14(10-11-21-17)19-16(20)15(18)13-8-6-5-7-9-13/h5-9,14-15H,3-4,10-12,18H2,1-2H3,(H,19,20)/t14?,15-/m0/s1. The lowest BCUT2D eigenvalue weighted by molar-refractivity contribution is -0.127. The minimum atomic E-state index is -0.605. The molecule has 21 heavy (non-hydrogen) atoms. The third-order valence-electron chi connectivity index (χ3n) is 4.57. The van der Waals surface area contributed by atoms with Gasteiger partial charge in [-0.25, -0.2) is 0 Å². The molecule has 1 aliphatic heterocycles. The largest absolute Gasteiger partial charge is 0.375 e. The van der Waals surface area contributed by atoms with Crippen molar-refractivity contribution in [3.05, 3.63) is 35.9 Å². The molecule has 1 aromatic rings. The molecule has 1 aliphatic rings. The molecule has 1 heterocycles. The molecule has 2 rings (SSSR count). The van der Waals surface area contributed by atoms with E-state index in [4.69, 9.17) is 10.5 Å². The molecule has 1 saturated heterocycles. The molecule has 1 aromatic carbocycles. The van der Waals surface area contributed by atoms with Crippen LogP contribution in [0.4, 0.5) is 0 Å². The minimum absolute atomic E-state index is 0.0902. The van der Waals surface area contributed by atoms with Crippen molar-refractivity contribution < 1.29 is 9.53 Å². The number of nitrogens with two attached hydrogens (primary N) is 1. The molecule has 4 nitrogen and oxygen atoms in total. The van der Waals surface area contributed by atoms with Crippen LogP contribution >= 0.6 is 0 Å². The molecule has 116 valence electrons. The SMILES string of the molecule is CCC1(CC)CC(NC(=O)[C@@H](N)c2ccccc2)CCO1. The van der Waals surface area contributed by atoms with Crippen LogP contribution in [0.15, 0.2) is 30.3 Å². The zero-order valence-electron chi connectivity index (χ0n) is 13.0. The zero-order chi connectivity index (χ0) is 15.3. The summed E-state index contributed by atoms with van der Waals surface area (Å²) in [7, 11) is 0. The van der Waals surface area contributed by atoms with E-state index < -0.39 is 6.04 Å². The number of hydrogen-bond acceptors (Lipinski definition) is 3. The van der Waals surface area contributed by atoms with Crippen LogP contribution in [0.25, 0.3) is 0 Å². The predicted molar refractivity (Wildman–Crippen MR) is 83.8 cm³/mol. The summed E-state index contributed by atoms with van der Waals surface area (Å²) in [6.45, 7) is 4.99. The number of hydrogen-bond donors (Lipinski definition) is 2. The molecule has 4 heteroatoms. The van der Waals surface area contributed by atoms with Gasteiger partial charge in [0.05, 0.1) is 5.60 Å². The molecular weight excluding hydrogens is 264 g/mol. The fourth-order valence-electron chi connectivity index (χ4n) is 3.00. The average Bonchev–Trinajstić information content (AvgIpc) is 2.55. The van der Waals surface area contributed by atoms with E-state index in [2.05, 4.69) is 19.2 Å². The van der Waals surface area contributed by atoms with Crippen molar-refractivity contribution in [2.45, 2.75) is 57.2 Å². The highest BCUT2D eigenvalue weighted by Gasteiger charge is 2.35. The number of nitrogens with one attached hydrogen (secondary N) is 1. The van der Waals surface area contributed by atoms with Crippen molar-refractivity contribution in [1.82, 2.24) is 5.32 Å². The maximum atomic E-state index is 12.3. The molecule has 0 spiro atoms. The fourth-order valence-corrected chi connectivity index (χ4v) is 3.00. The fraction of sp³-hybridized carbons (Fsp3) is 0.588. The number of carbonyl (C=O) groups excluding carboxylic acids is 1. The second-order valence-electron chi connectivity index (χ2n) is 5.83. The summed E-state index contributed by atoms with van der Waals surface area (Å²) in [6, 6.07) is 9.04. The van der Waals surface area contributed by atoms with Gasteiger partial charge in [-0.05, 0) is 31.2 Å². The lowest BCUT2D eigenvalue weighted by Crippen LogP contribution is -2.49. The number of rotatable bonds is 5. The van der Waals surface area contributed by atoms with Crippen LogP contribution < -0.4 is 11.1 Å². The summed E-state index contributed by atoms with van der Waals surface area (Å²) in [4.78, 5) is 12.3. The Labute approximate surface area is 127 Å². The highest BCUT2D eigenvalue weighted by molar-refractivity contribution is 5.83. The Hall–Kier alpha value is -1.39. The van der Waals surface area contributed by atoms with Gasteiger partial charge < -0.3 is 15.8 Å². The van der Waals surface area contributed by atoms with Gasteiger partial charge in [0.2, 0.25) is 5.91 Å². The predicted octanol–water partition coefficient (Wildman–Crippen LogP) is 2.54. The molecule has 2 atom stereocenters. The van der Waals surface area contributed by atoms with Gasteiger partial charge in [-0.1, -0.05) is 44.2 Å². The summed E-state index contributed by atoms with van der Waals surface area (Å²) in [5, 5.41) is 3.10. The Morgan fingerprint density at radius 3 is 2.67 bits per heavy atom. The van der Waals surface area contributed by atoms with Gasteiger partial charge in [0, 0.05) is 12.6 Å². The molecule has 0 bridgehead atoms. The average molecular weight is 290 g/mol. The first-order valence-electron chi connectivity index (χ1n) is 7.85. The van der Waals surface area contributed by atoms with Crippen LogP contribution in [0.3, 0.4) is 0 Å². The number of ether oxygens (including phenoxy) is 1. The van der Waals surface area contributed by atoms with Crippen molar-refractivity contribution in [2.75, 3.05) is 6.61 Å². The third kappa shape index (κ3) is 3.83. The van der Waals surface area contributed by atoms with Gasteiger partial charge in [-0.15, -0.1) is 0 Å². The summed E-state index contributed by atoms with van der Waals surface area (Å²) in [5.41, 5.74) is 6.80. The molecule has 1 fully saturated rings.